The molecule has 0 aliphatic rings. The number of aryl methyl sites for hydroxylation is 3. The maximum absolute atomic E-state index is 12.7. The Balaban J connectivity index is 1.35. The van der Waals surface area contributed by atoms with E-state index in [2.05, 4.69) is 19.9 Å². The van der Waals surface area contributed by atoms with Gasteiger partial charge in [-0.25, -0.2) is 24.7 Å². The Hall–Kier alpha value is -3.50. The molecule has 4 heterocycles. The van der Waals surface area contributed by atoms with Gasteiger partial charge in [-0.1, -0.05) is 12.8 Å². The lowest BCUT2D eigenvalue weighted by atomic mass is 10.2. The van der Waals surface area contributed by atoms with Gasteiger partial charge in [-0.15, -0.1) is 0 Å². The van der Waals surface area contributed by atoms with E-state index >= 15 is 0 Å². The highest BCUT2D eigenvalue weighted by Crippen LogP contribution is 2.15. The van der Waals surface area contributed by atoms with Crippen LogP contribution in [0.15, 0.2) is 28.6 Å². The van der Waals surface area contributed by atoms with E-state index in [-0.39, 0.29) is 11.2 Å². The lowest BCUT2D eigenvalue weighted by molar-refractivity contribution is 0.518. The third-order valence-electron chi connectivity index (χ3n) is 5.16. The van der Waals surface area contributed by atoms with Crippen molar-refractivity contribution < 1.29 is 0 Å². The summed E-state index contributed by atoms with van der Waals surface area (Å²) < 4.78 is 6.34. The number of rotatable bonds is 7. The molecule has 11 heteroatoms. The molecular weight excluding hydrogens is 374 g/mol. The zero-order valence-corrected chi connectivity index (χ0v) is 16.4. The standard InChI is InChI=1S/C18H23N9O2/c1-24-10-23-16-13(24)17(28)27(18(29)25(16)2)8-6-4-3-5-7-26-11-22-12-14(19)20-9-21-15(12)26/h9-11H,3-8H2,1-2H3,(H2,19,20,21). The lowest BCUT2D eigenvalue weighted by Crippen LogP contribution is -2.39. The zero-order chi connectivity index (χ0) is 20.5. The fraction of sp³-hybridized carbons (Fsp3) is 0.444. The molecule has 0 aliphatic heterocycles. The van der Waals surface area contributed by atoms with Crippen molar-refractivity contribution in [3.63, 3.8) is 0 Å². The number of imidazole rings is 2. The second-order valence-electron chi connectivity index (χ2n) is 7.11. The van der Waals surface area contributed by atoms with Crippen LogP contribution in [0.2, 0.25) is 0 Å². The fourth-order valence-electron chi connectivity index (χ4n) is 3.56. The molecule has 11 nitrogen and oxygen atoms in total. The van der Waals surface area contributed by atoms with E-state index < -0.39 is 0 Å². The van der Waals surface area contributed by atoms with Crippen LogP contribution in [-0.4, -0.2) is 38.2 Å². The minimum Gasteiger partial charge on any atom is -0.382 e. The molecule has 29 heavy (non-hydrogen) atoms. The molecular formula is C18H23N9O2. The first-order valence-corrected chi connectivity index (χ1v) is 9.51. The molecule has 0 amide bonds. The van der Waals surface area contributed by atoms with Gasteiger partial charge in [-0.2, -0.15) is 0 Å². The molecule has 0 spiro atoms. The smallest absolute Gasteiger partial charge is 0.332 e. The van der Waals surface area contributed by atoms with E-state index in [1.165, 1.54) is 15.5 Å². The van der Waals surface area contributed by atoms with Gasteiger partial charge >= 0.3 is 5.69 Å². The van der Waals surface area contributed by atoms with Crippen LogP contribution < -0.4 is 17.0 Å². The van der Waals surface area contributed by atoms with Crippen molar-refractivity contribution in [2.24, 2.45) is 14.1 Å². The highest BCUT2D eigenvalue weighted by molar-refractivity contribution is 5.81. The molecule has 4 rings (SSSR count). The third-order valence-corrected chi connectivity index (χ3v) is 5.16. The summed E-state index contributed by atoms with van der Waals surface area (Å²) in [6.07, 6.45) is 8.26. The molecule has 0 saturated heterocycles. The van der Waals surface area contributed by atoms with Gasteiger partial charge in [0.05, 0.1) is 12.7 Å². The van der Waals surface area contributed by atoms with Gasteiger partial charge in [-0.3, -0.25) is 13.9 Å². The summed E-state index contributed by atoms with van der Waals surface area (Å²) in [6, 6.07) is 0. The molecule has 4 aromatic heterocycles. The Bertz CT molecular complexity index is 1290. The molecule has 0 fully saturated rings. The van der Waals surface area contributed by atoms with Gasteiger partial charge in [0, 0.05) is 27.2 Å². The van der Waals surface area contributed by atoms with E-state index in [9.17, 15) is 9.59 Å². The summed E-state index contributed by atoms with van der Waals surface area (Å²) in [6.45, 7) is 1.17. The predicted octanol–water partition coefficient (Wildman–Crippen LogP) is 0.416. The summed E-state index contributed by atoms with van der Waals surface area (Å²) in [5.74, 6) is 0.381. The minimum atomic E-state index is -0.330. The molecule has 0 saturated carbocycles. The SMILES string of the molecule is Cn1cnc2c1c(=O)n(CCCCCCn1cnc3c(N)ncnc31)c(=O)n2C. The van der Waals surface area contributed by atoms with Crippen LogP contribution in [0.5, 0.6) is 0 Å². The summed E-state index contributed by atoms with van der Waals surface area (Å²) in [7, 11) is 3.39. The predicted molar refractivity (Wildman–Crippen MR) is 108 cm³/mol. The Morgan fingerprint density at radius 2 is 1.66 bits per heavy atom. The first kappa shape index (κ1) is 18.8. The summed E-state index contributed by atoms with van der Waals surface area (Å²) in [4.78, 5) is 41.7. The summed E-state index contributed by atoms with van der Waals surface area (Å²) in [5.41, 5.74) is 7.40. The van der Waals surface area contributed by atoms with Gasteiger partial charge in [0.1, 0.15) is 11.8 Å². The van der Waals surface area contributed by atoms with Crippen LogP contribution in [0.1, 0.15) is 25.7 Å². The van der Waals surface area contributed by atoms with E-state index in [1.807, 2.05) is 4.57 Å². The van der Waals surface area contributed by atoms with Crippen LogP contribution in [-0.2, 0) is 27.2 Å². The van der Waals surface area contributed by atoms with Gasteiger partial charge in [0.15, 0.2) is 22.6 Å². The summed E-state index contributed by atoms with van der Waals surface area (Å²) >= 11 is 0. The highest BCUT2D eigenvalue weighted by atomic mass is 16.2. The van der Waals surface area contributed by atoms with E-state index in [1.54, 1.807) is 31.3 Å². The van der Waals surface area contributed by atoms with Crippen LogP contribution >= 0.6 is 0 Å². The van der Waals surface area contributed by atoms with Gasteiger partial charge in [0.2, 0.25) is 0 Å². The molecule has 152 valence electrons. The van der Waals surface area contributed by atoms with Crippen molar-refractivity contribution in [3.8, 4) is 0 Å². The van der Waals surface area contributed by atoms with Crippen LogP contribution in [0.4, 0.5) is 5.82 Å². The summed E-state index contributed by atoms with van der Waals surface area (Å²) in [5, 5.41) is 0. The quantitative estimate of drug-likeness (QED) is 0.447. The Morgan fingerprint density at radius 3 is 2.45 bits per heavy atom. The monoisotopic (exact) mass is 397 g/mol. The van der Waals surface area contributed by atoms with Crippen molar-refractivity contribution >= 4 is 28.1 Å². The van der Waals surface area contributed by atoms with Crippen molar-refractivity contribution in [1.29, 1.82) is 0 Å². The van der Waals surface area contributed by atoms with Crippen molar-refractivity contribution in [2.45, 2.75) is 38.8 Å². The van der Waals surface area contributed by atoms with E-state index in [0.717, 1.165) is 37.9 Å². The molecule has 0 atom stereocenters. The largest absolute Gasteiger partial charge is 0.382 e. The maximum atomic E-state index is 12.7. The molecule has 0 radical (unpaired) electrons. The van der Waals surface area contributed by atoms with Gasteiger partial charge < -0.3 is 14.9 Å². The Kier molecular flexibility index (Phi) is 4.87. The average Bonchev–Trinajstić information content (AvgIpc) is 3.30. The van der Waals surface area contributed by atoms with Crippen molar-refractivity contribution in [2.75, 3.05) is 5.73 Å². The highest BCUT2D eigenvalue weighted by Gasteiger charge is 2.14. The topological polar surface area (TPSA) is 131 Å². The van der Waals surface area contributed by atoms with Crippen LogP contribution in [0, 0.1) is 0 Å². The normalized spacial score (nSPS) is 11.7. The maximum Gasteiger partial charge on any atom is 0.332 e. The number of hydrogen-bond donors (Lipinski definition) is 1. The number of nitrogen functional groups attached to an aromatic ring is 1. The number of fused-ring (bicyclic) bond motifs is 2. The van der Waals surface area contributed by atoms with Crippen LogP contribution in [0.25, 0.3) is 22.3 Å². The number of hydrogen-bond acceptors (Lipinski definition) is 7. The first-order chi connectivity index (χ1) is 14.0. The molecule has 0 bridgehead atoms. The average molecular weight is 397 g/mol. The number of unbranched alkanes of at least 4 members (excludes halogenated alkanes) is 3. The van der Waals surface area contributed by atoms with E-state index in [0.29, 0.717) is 29.0 Å². The van der Waals surface area contributed by atoms with E-state index in [4.69, 9.17) is 5.73 Å². The number of aromatic nitrogens is 8. The molecule has 0 aliphatic carbocycles. The second-order valence-corrected chi connectivity index (χ2v) is 7.11. The first-order valence-electron chi connectivity index (χ1n) is 9.51. The molecule has 0 unspecified atom stereocenters. The van der Waals surface area contributed by atoms with Gasteiger partial charge in [0.25, 0.3) is 5.56 Å². The minimum absolute atomic E-state index is 0.287. The third kappa shape index (κ3) is 3.28. The molecule has 0 aromatic carbocycles. The molecule has 4 aromatic rings. The van der Waals surface area contributed by atoms with Crippen LogP contribution in [0.3, 0.4) is 0 Å². The Labute approximate surface area is 165 Å². The fourth-order valence-corrected chi connectivity index (χ4v) is 3.56. The van der Waals surface area contributed by atoms with Gasteiger partial charge in [-0.05, 0) is 12.8 Å². The zero-order valence-electron chi connectivity index (χ0n) is 16.4. The lowest BCUT2D eigenvalue weighted by Gasteiger charge is -2.09. The Morgan fingerprint density at radius 1 is 0.897 bits per heavy atom. The second kappa shape index (κ2) is 7.49. The number of nitrogens with zero attached hydrogens (tertiary/aromatic N) is 8. The van der Waals surface area contributed by atoms with Crippen molar-refractivity contribution in [3.05, 3.63) is 39.8 Å². The van der Waals surface area contributed by atoms with Crippen molar-refractivity contribution in [1.82, 2.24) is 38.2 Å². The number of nitrogens with two attached hydrogens (primary N) is 1. The number of anilines is 1. The molecule has 2 N–H and O–H groups in total.